The standard InChI is InChI=1S/C15H14N4S/c1-10-16-13-8-7-12(9-14(13)17-10)19-15(20)18-11-5-3-2-4-6-11/h2-9H,1H3,(H,16,17)(H2,18,19,20). The molecule has 0 bridgehead atoms. The molecule has 0 saturated carbocycles. The molecule has 5 heteroatoms. The summed E-state index contributed by atoms with van der Waals surface area (Å²) in [5, 5.41) is 6.86. The molecular weight excluding hydrogens is 268 g/mol. The summed E-state index contributed by atoms with van der Waals surface area (Å²) >= 11 is 5.30. The van der Waals surface area contributed by atoms with Crippen LogP contribution in [0.2, 0.25) is 0 Å². The van der Waals surface area contributed by atoms with Crippen molar-refractivity contribution in [1.29, 1.82) is 0 Å². The van der Waals surface area contributed by atoms with Crippen LogP contribution >= 0.6 is 12.2 Å². The number of para-hydroxylation sites is 1. The lowest BCUT2D eigenvalue weighted by atomic mass is 10.3. The second kappa shape index (κ2) is 5.30. The third-order valence-electron chi connectivity index (χ3n) is 2.89. The van der Waals surface area contributed by atoms with Crippen molar-refractivity contribution in [2.45, 2.75) is 6.92 Å². The van der Waals surface area contributed by atoms with Gasteiger partial charge in [-0.1, -0.05) is 18.2 Å². The number of aryl methyl sites for hydroxylation is 1. The molecule has 1 aromatic heterocycles. The van der Waals surface area contributed by atoms with Crippen molar-refractivity contribution in [3.63, 3.8) is 0 Å². The van der Waals surface area contributed by atoms with Crippen LogP contribution in [0, 0.1) is 6.92 Å². The lowest BCUT2D eigenvalue weighted by Gasteiger charge is -2.10. The molecule has 0 amide bonds. The van der Waals surface area contributed by atoms with E-state index in [-0.39, 0.29) is 0 Å². The number of hydrogen-bond acceptors (Lipinski definition) is 2. The lowest BCUT2D eigenvalue weighted by Crippen LogP contribution is -2.18. The molecule has 3 N–H and O–H groups in total. The molecular formula is C15H14N4S. The fourth-order valence-electron chi connectivity index (χ4n) is 2.03. The maximum absolute atomic E-state index is 5.30. The topological polar surface area (TPSA) is 52.7 Å². The van der Waals surface area contributed by atoms with Gasteiger partial charge in [0.1, 0.15) is 5.82 Å². The Morgan fingerprint density at radius 1 is 1.05 bits per heavy atom. The zero-order valence-electron chi connectivity index (χ0n) is 11.0. The maximum atomic E-state index is 5.30. The van der Waals surface area contributed by atoms with Crippen LogP contribution in [0.3, 0.4) is 0 Å². The number of anilines is 2. The van der Waals surface area contributed by atoms with Gasteiger partial charge in [-0.05, 0) is 49.5 Å². The molecule has 4 nitrogen and oxygen atoms in total. The van der Waals surface area contributed by atoms with Gasteiger partial charge < -0.3 is 15.6 Å². The highest BCUT2D eigenvalue weighted by atomic mass is 32.1. The number of aromatic nitrogens is 2. The Bertz CT molecular complexity index is 749. The van der Waals surface area contributed by atoms with E-state index in [4.69, 9.17) is 12.2 Å². The fraction of sp³-hybridized carbons (Fsp3) is 0.0667. The Kier molecular flexibility index (Phi) is 3.35. The van der Waals surface area contributed by atoms with E-state index in [1.165, 1.54) is 0 Å². The van der Waals surface area contributed by atoms with Gasteiger partial charge in [0.15, 0.2) is 5.11 Å². The van der Waals surface area contributed by atoms with Crippen molar-refractivity contribution in [3.8, 4) is 0 Å². The van der Waals surface area contributed by atoms with E-state index >= 15 is 0 Å². The number of H-pyrrole nitrogens is 1. The summed E-state index contributed by atoms with van der Waals surface area (Å²) in [6.45, 7) is 1.94. The number of nitrogens with one attached hydrogen (secondary N) is 3. The Hall–Kier alpha value is -2.40. The zero-order valence-corrected chi connectivity index (χ0v) is 11.8. The summed E-state index contributed by atoms with van der Waals surface area (Å²) in [6, 6.07) is 15.7. The van der Waals surface area contributed by atoms with Crippen LogP contribution in [0.15, 0.2) is 48.5 Å². The van der Waals surface area contributed by atoms with Gasteiger partial charge in [-0.2, -0.15) is 0 Å². The van der Waals surface area contributed by atoms with Gasteiger partial charge in [-0.3, -0.25) is 0 Å². The van der Waals surface area contributed by atoms with E-state index in [0.717, 1.165) is 28.2 Å². The van der Waals surface area contributed by atoms with E-state index in [9.17, 15) is 0 Å². The third kappa shape index (κ3) is 2.78. The fourth-order valence-corrected chi connectivity index (χ4v) is 2.27. The summed E-state index contributed by atoms with van der Waals surface area (Å²) in [5.74, 6) is 0.905. The number of aromatic amines is 1. The summed E-state index contributed by atoms with van der Waals surface area (Å²) in [7, 11) is 0. The number of thiocarbonyl (C=S) groups is 1. The van der Waals surface area contributed by atoms with Crippen LogP contribution in [0.4, 0.5) is 11.4 Å². The first kappa shape index (κ1) is 12.6. The maximum Gasteiger partial charge on any atom is 0.175 e. The average Bonchev–Trinajstić information content (AvgIpc) is 2.79. The van der Waals surface area contributed by atoms with Gasteiger partial charge in [-0.15, -0.1) is 0 Å². The number of imidazole rings is 1. The van der Waals surface area contributed by atoms with Crippen molar-refractivity contribution in [3.05, 3.63) is 54.4 Å². The van der Waals surface area contributed by atoms with E-state index < -0.39 is 0 Å². The van der Waals surface area contributed by atoms with Gasteiger partial charge in [0.2, 0.25) is 0 Å². The number of benzene rings is 2. The lowest BCUT2D eigenvalue weighted by molar-refractivity contribution is 1.17. The van der Waals surface area contributed by atoms with E-state index in [0.29, 0.717) is 5.11 Å². The number of rotatable bonds is 2. The van der Waals surface area contributed by atoms with Crippen molar-refractivity contribution in [2.24, 2.45) is 0 Å². The second-order valence-corrected chi connectivity index (χ2v) is 4.91. The summed E-state index contributed by atoms with van der Waals surface area (Å²) in [6.07, 6.45) is 0. The highest BCUT2D eigenvalue weighted by Crippen LogP contribution is 2.17. The molecule has 0 aliphatic heterocycles. The zero-order chi connectivity index (χ0) is 13.9. The molecule has 1 heterocycles. The van der Waals surface area contributed by atoms with Crippen LogP contribution in [0.1, 0.15) is 5.82 Å². The predicted octanol–water partition coefficient (Wildman–Crippen LogP) is 3.68. The molecule has 2 aromatic carbocycles. The molecule has 0 radical (unpaired) electrons. The van der Waals surface area contributed by atoms with Gasteiger partial charge in [0.25, 0.3) is 0 Å². The van der Waals surface area contributed by atoms with Gasteiger partial charge in [0.05, 0.1) is 11.0 Å². The van der Waals surface area contributed by atoms with Crippen LogP contribution in [-0.4, -0.2) is 15.1 Å². The molecule has 0 atom stereocenters. The van der Waals surface area contributed by atoms with Gasteiger partial charge in [0, 0.05) is 11.4 Å². The molecule has 0 unspecified atom stereocenters. The monoisotopic (exact) mass is 282 g/mol. The van der Waals surface area contributed by atoms with E-state index in [1.807, 2.05) is 55.5 Å². The molecule has 0 spiro atoms. The third-order valence-corrected chi connectivity index (χ3v) is 3.09. The Morgan fingerprint density at radius 3 is 2.60 bits per heavy atom. The first-order valence-electron chi connectivity index (χ1n) is 6.30. The molecule has 3 aromatic rings. The summed E-state index contributed by atoms with van der Waals surface area (Å²) in [4.78, 5) is 7.58. The van der Waals surface area contributed by atoms with Crippen molar-refractivity contribution in [2.75, 3.05) is 10.6 Å². The van der Waals surface area contributed by atoms with Crippen molar-refractivity contribution in [1.82, 2.24) is 9.97 Å². The highest BCUT2D eigenvalue weighted by Gasteiger charge is 2.02. The number of hydrogen-bond donors (Lipinski definition) is 3. The Balaban J connectivity index is 1.74. The van der Waals surface area contributed by atoms with E-state index in [1.54, 1.807) is 0 Å². The predicted molar refractivity (Wildman–Crippen MR) is 87.1 cm³/mol. The van der Waals surface area contributed by atoms with Gasteiger partial charge in [-0.25, -0.2) is 4.98 Å². The minimum Gasteiger partial charge on any atom is -0.342 e. The minimum absolute atomic E-state index is 0.562. The normalized spacial score (nSPS) is 10.4. The van der Waals surface area contributed by atoms with Crippen LogP contribution in [-0.2, 0) is 0 Å². The second-order valence-electron chi connectivity index (χ2n) is 4.50. The summed E-state index contributed by atoms with van der Waals surface area (Å²) < 4.78 is 0. The van der Waals surface area contributed by atoms with Crippen molar-refractivity contribution < 1.29 is 0 Å². The number of fused-ring (bicyclic) bond motifs is 1. The van der Waals surface area contributed by atoms with Crippen molar-refractivity contribution >= 4 is 39.7 Å². The Labute approximate surface area is 122 Å². The molecule has 20 heavy (non-hydrogen) atoms. The molecule has 3 rings (SSSR count). The largest absolute Gasteiger partial charge is 0.342 e. The smallest absolute Gasteiger partial charge is 0.175 e. The SMILES string of the molecule is Cc1nc2ccc(NC(=S)Nc3ccccc3)cc2[nH]1. The number of nitrogens with zero attached hydrogens (tertiary/aromatic N) is 1. The van der Waals surface area contributed by atoms with Crippen LogP contribution < -0.4 is 10.6 Å². The van der Waals surface area contributed by atoms with Crippen LogP contribution in [0.5, 0.6) is 0 Å². The van der Waals surface area contributed by atoms with Gasteiger partial charge >= 0.3 is 0 Å². The molecule has 0 saturated heterocycles. The first-order chi connectivity index (χ1) is 9.70. The Morgan fingerprint density at radius 2 is 1.80 bits per heavy atom. The van der Waals surface area contributed by atoms with E-state index in [2.05, 4.69) is 20.6 Å². The molecule has 100 valence electrons. The first-order valence-corrected chi connectivity index (χ1v) is 6.71. The van der Waals surface area contributed by atoms with Crippen LogP contribution in [0.25, 0.3) is 11.0 Å². The quantitative estimate of drug-likeness (QED) is 0.628. The average molecular weight is 282 g/mol. The molecule has 0 fully saturated rings. The highest BCUT2D eigenvalue weighted by molar-refractivity contribution is 7.80. The minimum atomic E-state index is 0.562. The summed E-state index contributed by atoms with van der Waals surface area (Å²) in [5.41, 5.74) is 3.84. The molecule has 0 aliphatic rings. The molecule has 0 aliphatic carbocycles.